The summed E-state index contributed by atoms with van der Waals surface area (Å²) >= 11 is 0. The van der Waals surface area contributed by atoms with Crippen LogP contribution in [0.4, 0.5) is 4.39 Å². The standard InChI is InChI=1S/C20H21FN2O2/c21-18-9-5-4-8-16(18)13-22-20(25)17-12-19(24)23(14-17)11-10-15-6-2-1-3-7-15/h1-9,17H,10-14H2,(H,22,25). The smallest absolute Gasteiger partial charge is 0.225 e. The van der Waals surface area contributed by atoms with Gasteiger partial charge in [0.05, 0.1) is 5.92 Å². The largest absolute Gasteiger partial charge is 0.352 e. The van der Waals surface area contributed by atoms with Gasteiger partial charge in [0.2, 0.25) is 11.8 Å². The van der Waals surface area contributed by atoms with E-state index in [2.05, 4.69) is 5.32 Å². The lowest BCUT2D eigenvalue weighted by Gasteiger charge is -2.16. The van der Waals surface area contributed by atoms with Crippen molar-refractivity contribution < 1.29 is 14.0 Å². The Morgan fingerprint density at radius 1 is 1.12 bits per heavy atom. The zero-order valence-electron chi connectivity index (χ0n) is 14.0. The number of hydrogen-bond donors (Lipinski definition) is 1. The summed E-state index contributed by atoms with van der Waals surface area (Å²) in [5, 5.41) is 2.74. The van der Waals surface area contributed by atoms with Crippen LogP contribution in [0.3, 0.4) is 0 Å². The van der Waals surface area contributed by atoms with E-state index in [1.54, 1.807) is 23.1 Å². The van der Waals surface area contributed by atoms with E-state index >= 15 is 0 Å². The van der Waals surface area contributed by atoms with Gasteiger partial charge in [-0.05, 0) is 18.1 Å². The summed E-state index contributed by atoms with van der Waals surface area (Å²) in [4.78, 5) is 26.1. The SMILES string of the molecule is O=C(NCc1ccccc1F)C1CC(=O)N(CCc2ccccc2)C1. The number of halogens is 1. The molecule has 25 heavy (non-hydrogen) atoms. The van der Waals surface area contributed by atoms with Crippen molar-refractivity contribution in [2.24, 2.45) is 5.92 Å². The van der Waals surface area contributed by atoms with E-state index in [-0.39, 0.29) is 36.5 Å². The van der Waals surface area contributed by atoms with E-state index in [1.807, 2.05) is 30.3 Å². The first-order valence-corrected chi connectivity index (χ1v) is 8.46. The molecule has 3 rings (SSSR count). The van der Waals surface area contributed by atoms with Gasteiger partial charge in [-0.25, -0.2) is 4.39 Å². The third kappa shape index (κ3) is 4.44. The fourth-order valence-electron chi connectivity index (χ4n) is 3.04. The lowest BCUT2D eigenvalue weighted by atomic mass is 10.1. The molecule has 0 spiro atoms. The van der Waals surface area contributed by atoms with Crippen LogP contribution in [0.2, 0.25) is 0 Å². The summed E-state index contributed by atoms with van der Waals surface area (Å²) in [7, 11) is 0. The minimum atomic E-state index is -0.366. The first-order chi connectivity index (χ1) is 12.1. The molecular formula is C20H21FN2O2. The molecule has 0 saturated carbocycles. The van der Waals surface area contributed by atoms with E-state index in [1.165, 1.54) is 11.6 Å². The fourth-order valence-corrected chi connectivity index (χ4v) is 3.04. The molecule has 0 aromatic heterocycles. The molecule has 0 bridgehead atoms. The second-order valence-corrected chi connectivity index (χ2v) is 6.29. The van der Waals surface area contributed by atoms with Crippen LogP contribution in [-0.2, 0) is 22.6 Å². The number of carbonyl (C=O) groups is 2. The predicted octanol–water partition coefficient (Wildman–Crippen LogP) is 2.53. The van der Waals surface area contributed by atoms with Crippen molar-refractivity contribution in [3.63, 3.8) is 0 Å². The Hall–Kier alpha value is -2.69. The maximum atomic E-state index is 13.6. The molecule has 1 saturated heterocycles. The van der Waals surface area contributed by atoms with Crippen LogP contribution in [0.1, 0.15) is 17.5 Å². The van der Waals surface area contributed by atoms with Gasteiger partial charge in [0, 0.05) is 31.6 Å². The molecule has 2 aromatic rings. The minimum Gasteiger partial charge on any atom is -0.352 e. The molecule has 2 amide bonds. The van der Waals surface area contributed by atoms with Crippen LogP contribution < -0.4 is 5.32 Å². The zero-order chi connectivity index (χ0) is 17.6. The average Bonchev–Trinajstić information content (AvgIpc) is 3.01. The number of nitrogens with zero attached hydrogens (tertiary/aromatic N) is 1. The van der Waals surface area contributed by atoms with Crippen molar-refractivity contribution in [2.75, 3.05) is 13.1 Å². The summed E-state index contributed by atoms with van der Waals surface area (Å²) in [5.74, 6) is -0.898. The third-order valence-corrected chi connectivity index (χ3v) is 4.51. The molecule has 4 nitrogen and oxygen atoms in total. The Kier molecular flexibility index (Phi) is 5.43. The maximum Gasteiger partial charge on any atom is 0.225 e. The van der Waals surface area contributed by atoms with Crippen LogP contribution in [0, 0.1) is 11.7 Å². The summed E-state index contributed by atoms with van der Waals surface area (Å²) in [6.07, 6.45) is 0.994. The first-order valence-electron chi connectivity index (χ1n) is 8.46. The number of likely N-dealkylation sites (tertiary alicyclic amines) is 1. The molecule has 1 aliphatic rings. The van der Waals surface area contributed by atoms with Crippen molar-refractivity contribution in [1.29, 1.82) is 0 Å². The van der Waals surface area contributed by atoms with Crippen molar-refractivity contribution in [2.45, 2.75) is 19.4 Å². The summed E-state index contributed by atoms with van der Waals surface area (Å²) in [6.45, 7) is 1.18. The molecular weight excluding hydrogens is 319 g/mol. The highest BCUT2D eigenvalue weighted by atomic mass is 19.1. The molecule has 5 heteroatoms. The molecule has 2 aromatic carbocycles. The molecule has 1 heterocycles. The molecule has 1 atom stereocenters. The highest BCUT2D eigenvalue weighted by Gasteiger charge is 2.33. The van der Waals surface area contributed by atoms with E-state index in [0.717, 1.165) is 6.42 Å². The molecule has 0 radical (unpaired) electrons. The van der Waals surface area contributed by atoms with Gasteiger partial charge >= 0.3 is 0 Å². The number of hydrogen-bond acceptors (Lipinski definition) is 2. The number of amides is 2. The third-order valence-electron chi connectivity index (χ3n) is 4.51. The van der Waals surface area contributed by atoms with Crippen molar-refractivity contribution in [3.05, 3.63) is 71.5 Å². The van der Waals surface area contributed by atoms with Crippen LogP contribution in [0.25, 0.3) is 0 Å². The summed E-state index contributed by atoms with van der Waals surface area (Å²) in [6, 6.07) is 16.3. The maximum absolute atomic E-state index is 13.6. The molecule has 130 valence electrons. The number of carbonyl (C=O) groups excluding carboxylic acids is 2. The molecule has 1 fully saturated rings. The quantitative estimate of drug-likeness (QED) is 0.878. The van der Waals surface area contributed by atoms with Gasteiger partial charge in [-0.2, -0.15) is 0 Å². The van der Waals surface area contributed by atoms with Crippen molar-refractivity contribution in [1.82, 2.24) is 10.2 Å². The molecule has 1 N–H and O–H groups in total. The van der Waals surface area contributed by atoms with Gasteiger partial charge in [0.1, 0.15) is 5.82 Å². The van der Waals surface area contributed by atoms with E-state index in [4.69, 9.17) is 0 Å². The predicted molar refractivity (Wildman–Crippen MR) is 93.1 cm³/mol. The number of benzene rings is 2. The Labute approximate surface area is 146 Å². The van der Waals surface area contributed by atoms with E-state index in [9.17, 15) is 14.0 Å². The molecule has 1 unspecified atom stereocenters. The Balaban J connectivity index is 1.49. The van der Waals surface area contributed by atoms with E-state index in [0.29, 0.717) is 18.7 Å². The topological polar surface area (TPSA) is 49.4 Å². The molecule has 0 aliphatic carbocycles. The van der Waals surface area contributed by atoms with Crippen LogP contribution in [0.15, 0.2) is 54.6 Å². The van der Waals surface area contributed by atoms with Crippen LogP contribution in [0.5, 0.6) is 0 Å². The number of rotatable bonds is 6. The summed E-state index contributed by atoms with van der Waals surface area (Å²) < 4.78 is 13.6. The lowest BCUT2D eigenvalue weighted by molar-refractivity contribution is -0.129. The van der Waals surface area contributed by atoms with Gasteiger partial charge in [-0.3, -0.25) is 9.59 Å². The van der Waals surface area contributed by atoms with Gasteiger partial charge in [-0.1, -0.05) is 48.5 Å². The number of nitrogens with one attached hydrogen (secondary N) is 1. The van der Waals surface area contributed by atoms with Crippen LogP contribution in [-0.4, -0.2) is 29.8 Å². The zero-order valence-corrected chi connectivity index (χ0v) is 14.0. The first kappa shape index (κ1) is 17.1. The van der Waals surface area contributed by atoms with Gasteiger partial charge in [0.25, 0.3) is 0 Å². The summed E-state index contributed by atoms with van der Waals surface area (Å²) in [5.41, 5.74) is 1.61. The lowest BCUT2D eigenvalue weighted by Crippen LogP contribution is -2.33. The average molecular weight is 340 g/mol. The van der Waals surface area contributed by atoms with Gasteiger partial charge in [0.15, 0.2) is 0 Å². The Bertz CT molecular complexity index is 748. The van der Waals surface area contributed by atoms with Crippen LogP contribution >= 0.6 is 0 Å². The van der Waals surface area contributed by atoms with Gasteiger partial charge in [-0.15, -0.1) is 0 Å². The second kappa shape index (κ2) is 7.92. The van der Waals surface area contributed by atoms with E-state index < -0.39 is 0 Å². The Morgan fingerprint density at radius 2 is 1.84 bits per heavy atom. The minimum absolute atomic E-state index is 0.00183. The second-order valence-electron chi connectivity index (χ2n) is 6.29. The Morgan fingerprint density at radius 3 is 2.60 bits per heavy atom. The molecule has 1 aliphatic heterocycles. The highest BCUT2D eigenvalue weighted by molar-refractivity contribution is 5.89. The van der Waals surface area contributed by atoms with Gasteiger partial charge < -0.3 is 10.2 Å². The highest BCUT2D eigenvalue weighted by Crippen LogP contribution is 2.19. The fraction of sp³-hybridized carbons (Fsp3) is 0.300. The normalized spacial score (nSPS) is 16.9. The van der Waals surface area contributed by atoms with Crippen molar-refractivity contribution >= 4 is 11.8 Å². The van der Waals surface area contributed by atoms with Crippen molar-refractivity contribution in [3.8, 4) is 0 Å². The monoisotopic (exact) mass is 340 g/mol.